The topological polar surface area (TPSA) is 40.5 Å². The average molecular weight is 235 g/mol. The van der Waals surface area contributed by atoms with Gasteiger partial charge in [0.2, 0.25) is 0 Å². The van der Waals surface area contributed by atoms with Crippen LogP contribution >= 0.6 is 11.6 Å². The molecule has 0 heterocycles. The second-order valence-corrected chi connectivity index (χ2v) is 3.92. The van der Waals surface area contributed by atoms with E-state index in [1.165, 1.54) is 12.1 Å². The Morgan fingerprint density at radius 1 is 0.812 bits per heavy atom. The molecule has 2 N–H and O–H groups in total. The van der Waals surface area contributed by atoms with Crippen LogP contribution in [0, 0.1) is 0 Å². The van der Waals surface area contributed by atoms with Crippen LogP contribution in [0.5, 0.6) is 11.5 Å². The fraction of sp³-hybridized carbons (Fsp3) is 0.0769. The third kappa shape index (κ3) is 1.97. The van der Waals surface area contributed by atoms with Crippen LogP contribution in [0.1, 0.15) is 16.5 Å². The number of alkyl halides is 1. The van der Waals surface area contributed by atoms with Crippen molar-refractivity contribution in [2.45, 2.75) is 5.38 Å². The van der Waals surface area contributed by atoms with Crippen LogP contribution < -0.4 is 0 Å². The van der Waals surface area contributed by atoms with Gasteiger partial charge in [-0.3, -0.25) is 0 Å². The molecular weight excluding hydrogens is 224 g/mol. The Kier molecular flexibility index (Phi) is 3.02. The SMILES string of the molecule is Oc1cccc(O)c1C(Cl)c1ccccc1. The number of halogens is 1. The van der Waals surface area contributed by atoms with E-state index in [0.717, 1.165) is 5.56 Å². The average Bonchev–Trinajstić information content (AvgIpc) is 2.30. The van der Waals surface area contributed by atoms with Crippen LogP contribution in [0.25, 0.3) is 0 Å². The molecule has 0 aliphatic carbocycles. The molecule has 0 aliphatic rings. The molecule has 2 aromatic carbocycles. The van der Waals surface area contributed by atoms with Crippen molar-refractivity contribution in [3.63, 3.8) is 0 Å². The van der Waals surface area contributed by atoms with Crippen molar-refractivity contribution in [3.05, 3.63) is 59.7 Å². The molecule has 1 atom stereocenters. The van der Waals surface area contributed by atoms with Gasteiger partial charge >= 0.3 is 0 Å². The number of rotatable bonds is 2. The van der Waals surface area contributed by atoms with Gasteiger partial charge in [-0.2, -0.15) is 0 Å². The lowest BCUT2D eigenvalue weighted by atomic mass is 10.0. The number of hydrogen-bond donors (Lipinski definition) is 2. The molecule has 16 heavy (non-hydrogen) atoms. The predicted octanol–water partition coefficient (Wildman–Crippen LogP) is 3.43. The van der Waals surface area contributed by atoms with E-state index < -0.39 is 5.38 Å². The van der Waals surface area contributed by atoms with Gasteiger partial charge in [0.05, 0.1) is 10.9 Å². The molecule has 2 nitrogen and oxygen atoms in total. The van der Waals surface area contributed by atoms with Gasteiger partial charge in [-0.1, -0.05) is 36.4 Å². The second-order valence-electron chi connectivity index (χ2n) is 3.48. The molecule has 0 aromatic heterocycles. The Morgan fingerprint density at radius 2 is 1.38 bits per heavy atom. The molecule has 0 fully saturated rings. The van der Waals surface area contributed by atoms with Crippen LogP contribution in [-0.2, 0) is 0 Å². The molecular formula is C13H11ClO2. The van der Waals surface area contributed by atoms with Gasteiger partial charge in [-0.25, -0.2) is 0 Å². The smallest absolute Gasteiger partial charge is 0.124 e. The maximum absolute atomic E-state index is 9.68. The normalized spacial score (nSPS) is 12.3. The predicted molar refractivity (Wildman–Crippen MR) is 63.9 cm³/mol. The van der Waals surface area contributed by atoms with Gasteiger partial charge < -0.3 is 10.2 Å². The molecule has 0 saturated heterocycles. The van der Waals surface area contributed by atoms with E-state index >= 15 is 0 Å². The molecule has 0 bridgehead atoms. The highest BCUT2D eigenvalue weighted by atomic mass is 35.5. The third-order valence-corrected chi connectivity index (χ3v) is 2.88. The van der Waals surface area contributed by atoms with Gasteiger partial charge in [0, 0.05) is 0 Å². The summed E-state index contributed by atoms with van der Waals surface area (Å²) in [6.07, 6.45) is 0. The third-order valence-electron chi connectivity index (χ3n) is 2.41. The van der Waals surface area contributed by atoms with Crippen LogP contribution in [0.3, 0.4) is 0 Å². The van der Waals surface area contributed by atoms with Gasteiger partial charge in [-0.15, -0.1) is 11.6 Å². The summed E-state index contributed by atoms with van der Waals surface area (Å²) in [6.45, 7) is 0. The largest absolute Gasteiger partial charge is 0.507 e. The molecule has 2 aromatic rings. The lowest BCUT2D eigenvalue weighted by molar-refractivity contribution is 0.439. The molecule has 0 radical (unpaired) electrons. The van der Waals surface area contributed by atoms with Crippen molar-refractivity contribution in [1.82, 2.24) is 0 Å². The highest BCUT2D eigenvalue weighted by Gasteiger charge is 2.18. The first-order chi connectivity index (χ1) is 7.70. The van der Waals surface area contributed by atoms with E-state index in [1.807, 2.05) is 30.3 Å². The number of aromatic hydroxyl groups is 2. The summed E-state index contributed by atoms with van der Waals surface area (Å²) in [5.74, 6) is 0.00714. The second kappa shape index (κ2) is 4.45. The summed E-state index contributed by atoms with van der Waals surface area (Å²) in [5.41, 5.74) is 1.18. The summed E-state index contributed by atoms with van der Waals surface area (Å²) in [6, 6.07) is 13.9. The van der Waals surface area contributed by atoms with E-state index in [-0.39, 0.29) is 11.5 Å². The highest BCUT2D eigenvalue weighted by Crippen LogP contribution is 2.39. The van der Waals surface area contributed by atoms with E-state index in [2.05, 4.69) is 0 Å². The summed E-state index contributed by atoms with van der Waals surface area (Å²) < 4.78 is 0. The van der Waals surface area contributed by atoms with Crippen molar-refractivity contribution < 1.29 is 10.2 Å². The first-order valence-electron chi connectivity index (χ1n) is 4.90. The van der Waals surface area contributed by atoms with Gasteiger partial charge in [0.1, 0.15) is 11.5 Å². The zero-order valence-electron chi connectivity index (χ0n) is 8.47. The van der Waals surface area contributed by atoms with Crippen molar-refractivity contribution in [3.8, 4) is 11.5 Å². The minimum Gasteiger partial charge on any atom is -0.507 e. The summed E-state index contributed by atoms with van der Waals surface area (Å²) in [5, 5.41) is 18.8. The van der Waals surface area contributed by atoms with Crippen LogP contribution in [-0.4, -0.2) is 10.2 Å². The van der Waals surface area contributed by atoms with Gasteiger partial charge in [-0.05, 0) is 17.7 Å². The van der Waals surface area contributed by atoms with Gasteiger partial charge in [0.25, 0.3) is 0 Å². The van der Waals surface area contributed by atoms with Crippen LogP contribution in [0.2, 0.25) is 0 Å². The first-order valence-corrected chi connectivity index (χ1v) is 5.33. The number of phenols is 2. The van der Waals surface area contributed by atoms with Crippen molar-refractivity contribution in [1.29, 1.82) is 0 Å². The summed E-state index contributed by atoms with van der Waals surface area (Å²) in [7, 11) is 0. The monoisotopic (exact) mass is 234 g/mol. The Balaban J connectivity index is 2.46. The minimum atomic E-state index is -0.553. The molecule has 0 saturated carbocycles. The van der Waals surface area contributed by atoms with Crippen LogP contribution in [0.4, 0.5) is 0 Å². The number of benzene rings is 2. The van der Waals surface area contributed by atoms with E-state index in [4.69, 9.17) is 11.6 Å². The zero-order chi connectivity index (χ0) is 11.5. The standard InChI is InChI=1S/C13H11ClO2/c14-13(9-5-2-1-3-6-9)12-10(15)7-4-8-11(12)16/h1-8,13,15-16H. The maximum atomic E-state index is 9.68. The molecule has 82 valence electrons. The maximum Gasteiger partial charge on any atom is 0.124 e. The van der Waals surface area contributed by atoms with Crippen molar-refractivity contribution in [2.24, 2.45) is 0 Å². The molecule has 1 unspecified atom stereocenters. The lowest BCUT2D eigenvalue weighted by Gasteiger charge is -2.13. The Morgan fingerprint density at radius 3 is 1.94 bits per heavy atom. The molecule has 0 spiro atoms. The fourth-order valence-corrected chi connectivity index (χ4v) is 1.96. The highest BCUT2D eigenvalue weighted by molar-refractivity contribution is 6.23. The first kappa shape index (κ1) is 10.8. The number of hydrogen-bond acceptors (Lipinski definition) is 2. The van der Waals surface area contributed by atoms with Crippen molar-refractivity contribution >= 4 is 11.6 Å². The van der Waals surface area contributed by atoms with E-state index in [9.17, 15) is 10.2 Å². The molecule has 0 amide bonds. The fourth-order valence-electron chi connectivity index (χ4n) is 1.59. The quantitative estimate of drug-likeness (QED) is 0.782. The molecule has 0 aliphatic heterocycles. The van der Waals surface area contributed by atoms with E-state index in [0.29, 0.717) is 5.56 Å². The van der Waals surface area contributed by atoms with Crippen LogP contribution in [0.15, 0.2) is 48.5 Å². The molecule has 3 heteroatoms. The van der Waals surface area contributed by atoms with Gasteiger partial charge in [0.15, 0.2) is 0 Å². The Labute approximate surface area is 98.7 Å². The van der Waals surface area contributed by atoms with E-state index in [1.54, 1.807) is 6.07 Å². The Bertz CT molecular complexity index is 462. The molecule has 2 rings (SSSR count). The minimum absolute atomic E-state index is 0.00357. The summed E-state index contributed by atoms with van der Waals surface area (Å²) in [4.78, 5) is 0. The lowest BCUT2D eigenvalue weighted by Crippen LogP contribution is -1.94. The van der Waals surface area contributed by atoms with Crippen molar-refractivity contribution in [2.75, 3.05) is 0 Å². The summed E-state index contributed by atoms with van der Waals surface area (Å²) >= 11 is 6.22. The Hall–Kier alpha value is -1.67. The zero-order valence-corrected chi connectivity index (χ0v) is 9.22. The number of phenolic OH excluding ortho intramolecular Hbond substituents is 2.